The van der Waals surface area contributed by atoms with Crippen molar-refractivity contribution in [3.8, 4) is 0 Å². The Hall–Kier alpha value is -3.10. The Balaban J connectivity index is 1.82. The first kappa shape index (κ1) is 19.8. The molecule has 4 aromatic carbocycles. The molecule has 0 saturated heterocycles. The van der Waals surface area contributed by atoms with Gasteiger partial charge in [0.25, 0.3) is 0 Å². The first-order chi connectivity index (χ1) is 15.1. The van der Waals surface area contributed by atoms with Crippen LogP contribution >= 0.6 is 0 Å². The molecule has 2 heteroatoms. The molecule has 0 unspecified atom stereocenters. The fraction of sp³-hybridized carbons (Fsp3) is 0.172. The second-order valence-electron chi connectivity index (χ2n) is 9.01. The minimum absolute atomic E-state index is 1.11. The van der Waals surface area contributed by atoms with Gasteiger partial charge in [-0.3, -0.25) is 0 Å². The Kier molecular flexibility index (Phi) is 5.03. The SMILES string of the molecule is Cc1ccc2c(c1)[Si](Cc1ccccc1)(Cc1ccccc1)c1cc(C)ccc1N2C. The molecule has 154 valence electrons. The Morgan fingerprint density at radius 2 is 1.00 bits per heavy atom. The Morgan fingerprint density at radius 1 is 0.581 bits per heavy atom. The number of nitrogens with zero attached hydrogens (tertiary/aromatic N) is 1. The van der Waals surface area contributed by atoms with Gasteiger partial charge in [-0.1, -0.05) is 107 Å². The van der Waals surface area contributed by atoms with E-state index in [1.807, 2.05) is 0 Å². The molecule has 0 radical (unpaired) electrons. The molecule has 1 aliphatic rings. The van der Waals surface area contributed by atoms with Crippen LogP contribution in [0.5, 0.6) is 0 Å². The van der Waals surface area contributed by atoms with Crippen LogP contribution in [0, 0.1) is 13.8 Å². The lowest BCUT2D eigenvalue weighted by Gasteiger charge is -2.44. The van der Waals surface area contributed by atoms with Gasteiger partial charge in [0.05, 0.1) is 0 Å². The molecular formula is C29H29NSi. The monoisotopic (exact) mass is 419 g/mol. The number of hydrogen-bond donors (Lipinski definition) is 0. The van der Waals surface area contributed by atoms with E-state index in [2.05, 4.69) is 123 Å². The first-order valence-corrected chi connectivity index (χ1v) is 13.5. The summed E-state index contributed by atoms with van der Waals surface area (Å²) in [6, 6.07) is 38.6. The summed E-state index contributed by atoms with van der Waals surface area (Å²) in [5.74, 6) is 0. The van der Waals surface area contributed by atoms with Crippen LogP contribution in [0.4, 0.5) is 11.4 Å². The van der Waals surface area contributed by atoms with Crippen molar-refractivity contribution in [2.24, 2.45) is 0 Å². The molecule has 0 aromatic heterocycles. The van der Waals surface area contributed by atoms with Crippen LogP contribution < -0.4 is 15.3 Å². The molecule has 0 N–H and O–H groups in total. The predicted molar refractivity (Wildman–Crippen MR) is 136 cm³/mol. The van der Waals surface area contributed by atoms with Gasteiger partial charge in [0.1, 0.15) is 8.07 Å². The van der Waals surface area contributed by atoms with E-state index in [4.69, 9.17) is 0 Å². The number of benzene rings is 4. The lowest BCUT2D eigenvalue weighted by atomic mass is 10.1. The van der Waals surface area contributed by atoms with Gasteiger partial charge in [-0.15, -0.1) is 0 Å². The van der Waals surface area contributed by atoms with E-state index >= 15 is 0 Å². The molecule has 1 aliphatic heterocycles. The summed E-state index contributed by atoms with van der Waals surface area (Å²) in [6.07, 6.45) is 0. The second kappa shape index (κ2) is 7.86. The number of anilines is 2. The molecule has 0 amide bonds. The lowest BCUT2D eigenvalue weighted by Crippen LogP contribution is -2.66. The normalized spacial score (nSPS) is 14.1. The molecule has 31 heavy (non-hydrogen) atoms. The molecule has 0 fully saturated rings. The summed E-state index contributed by atoms with van der Waals surface area (Å²) in [5.41, 5.74) is 8.33. The smallest absolute Gasteiger partial charge is 0.132 e. The zero-order valence-corrected chi connectivity index (χ0v) is 19.6. The fourth-order valence-corrected chi connectivity index (χ4v) is 10.8. The Bertz CT molecular complexity index is 1120. The molecule has 0 aliphatic carbocycles. The molecule has 1 nitrogen and oxygen atoms in total. The van der Waals surface area contributed by atoms with Crippen molar-refractivity contribution >= 4 is 29.8 Å². The van der Waals surface area contributed by atoms with Crippen LogP contribution in [0.2, 0.25) is 0 Å². The van der Waals surface area contributed by atoms with E-state index < -0.39 is 8.07 Å². The quantitative estimate of drug-likeness (QED) is 0.394. The van der Waals surface area contributed by atoms with E-state index in [0.717, 1.165) is 12.1 Å². The fourth-order valence-electron chi connectivity index (χ4n) is 5.26. The summed E-state index contributed by atoms with van der Waals surface area (Å²) in [6.45, 7) is 4.46. The highest BCUT2D eigenvalue weighted by molar-refractivity contribution is 7.03. The van der Waals surface area contributed by atoms with Crippen molar-refractivity contribution in [1.82, 2.24) is 0 Å². The number of hydrogen-bond acceptors (Lipinski definition) is 1. The number of fused-ring (bicyclic) bond motifs is 2. The van der Waals surface area contributed by atoms with Gasteiger partial charge in [0.2, 0.25) is 0 Å². The standard InChI is InChI=1S/C29H29NSi/c1-22-14-16-26-28(18-22)31(20-24-10-6-4-7-11-24,21-25-12-8-5-9-13-25)29-19-23(2)15-17-27(29)30(26)3/h4-19H,20-21H2,1-3H3. The highest BCUT2D eigenvalue weighted by Gasteiger charge is 2.45. The lowest BCUT2D eigenvalue weighted by molar-refractivity contribution is 1.17. The van der Waals surface area contributed by atoms with E-state index in [9.17, 15) is 0 Å². The zero-order valence-electron chi connectivity index (χ0n) is 18.6. The average molecular weight is 420 g/mol. The first-order valence-electron chi connectivity index (χ1n) is 11.1. The topological polar surface area (TPSA) is 3.24 Å². The van der Waals surface area contributed by atoms with Crippen LogP contribution in [0.1, 0.15) is 22.3 Å². The minimum Gasteiger partial charge on any atom is -0.345 e. The third-order valence-electron chi connectivity index (χ3n) is 6.76. The zero-order chi connectivity index (χ0) is 21.4. The van der Waals surface area contributed by atoms with Gasteiger partial charge in [-0.25, -0.2) is 0 Å². The minimum atomic E-state index is -2.15. The predicted octanol–water partition coefficient (Wildman–Crippen LogP) is 5.51. The van der Waals surface area contributed by atoms with E-state index in [0.29, 0.717) is 0 Å². The van der Waals surface area contributed by atoms with Gasteiger partial charge in [0, 0.05) is 18.4 Å². The van der Waals surface area contributed by atoms with Crippen LogP contribution in [-0.4, -0.2) is 15.1 Å². The van der Waals surface area contributed by atoms with Crippen molar-refractivity contribution in [1.29, 1.82) is 0 Å². The highest BCUT2D eigenvalue weighted by atomic mass is 28.3. The third kappa shape index (κ3) is 3.51. The van der Waals surface area contributed by atoms with Crippen LogP contribution in [-0.2, 0) is 12.1 Å². The van der Waals surface area contributed by atoms with Crippen LogP contribution in [0.3, 0.4) is 0 Å². The molecule has 0 atom stereocenters. The van der Waals surface area contributed by atoms with E-state index in [1.165, 1.54) is 33.6 Å². The third-order valence-corrected chi connectivity index (χ3v) is 11.6. The maximum Gasteiger partial charge on any atom is 0.132 e. The van der Waals surface area contributed by atoms with Crippen LogP contribution in [0.15, 0.2) is 97.1 Å². The van der Waals surface area contributed by atoms with Gasteiger partial charge in [-0.2, -0.15) is 0 Å². The molecule has 0 bridgehead atoms. The highest BCUT2D eigenvalue weighted by Crippen LogP contribution is 2.34. The molecule has 0 spiro atoms. The summed E-state index contributed by atoms with van der Waals surface area (Å²) in [7, 11) is 0.0760. The van der Waals surface area contributed by atoms with Crippen molar-refractivity contribution in [2.75, 3.05) is 11.9 Å². The largest absolute Gasteiger partial charge is 0.345 e. The van der Waals surface area contributed by atoms with Gasteiger partial charge in [-0.05, 0) is 48.4 Å². The maximum absolute atomic E-state index is 2.48. The summed E-state index contributed by atoms with van der Waals surface area (Å²) in [4.78, 5) is 2.41. The Labute approximate surface area is 187 Å². The Morgan fingerprint density at radius 3 is 1.42 bits per heavy atom. The molecular weight excluding hydrogens is 390 g/mol. The van der Waals surface area contributed by atoms with Crippen molar-refractivity contribution in [3.63, 3.8) is 0 Å². The number of aryl methyl sites for hydroxylation is 2. The summed E-state index contributed by atoms with van der Waals surface area (Å²) < 4.78 is 0. The second-order valence-corrected chi connectivity index (χ2v) is 13.0. The molecule has 5 rings (SSSR count). The molecule has 4 aromatic rings. The van der Waals surface area contributed by atoms with Gasteiger partial charge in [0.15, 0.2) is 0 Å². The summed E-state index contributed by atoms with van der Waals surface area (Å²) >= 11 is 0. The molecule has 1 heterocycles. The maximum atomic E-state index is 2.48. The molecule has 0 saturated carbocycles. The summed E-state index contributed by atoms with van der Waals surface area (Å²) in [5, 5.41) is 3.14. The van der Waals surface area contributed by atoms with Gasteiger partial charge >= 0.3 is 0 Å². The van der Waals surface area contributed by atoms with E-state index in [-0.39, 0.29) is 0 Å². The van der Waals surface area contributed by atoms with Crippen molar-refractivity contribution in [2.45, 2.75) is 25.9 Å². The van der Waals surface area contributed by atoms with Crippen molar-refractivity contribution in [3.05, 3.63) is 119 Å². The number of rotatable bonds is 4. The van der Waals surface area contributed by atoms with Gasteiger partial charge < -0.3 is 4.90 Å². The van der Waals surface area contributed by atoms with Crippen LogP contribution in [0.25, 0.3) is 0 Å². The van der Waals surface area contributed by atoms with E-state index in [1.54, 1.807) is 10.4 Å². The average Bonchev–Trinajstić information content (AvgIpc) is 2.79. The van der Waals surface area contributed by atoms with Crippen molar-refractivity contribution < 1.29 is 0 Å².